The van der Waals surface area contributed by atoms with Crippen molar-refractivity contribution < 1.29 is 19.1 Å². The Morgan fingerprint density at radius 3 is 2.48 bits per heavy atom. The third-order valence-electron chi connectivity index (χ3n) is 3.33. The highest BCUT2D eigenvalue weighted by Crippen LogP contribution is 2.16. The lowest BCUT2D eigenvalue weighted by Gasteiger charge is -2.21. The number of carbonyl (C=O) groups is 2. The summed E-state index contributed by atoms with van der Waals surface area (Å²) in [6, 6.07) is 5.52. The SMILES string of the molecule is COC(=O)c1ccc(C)c(C[C@H](C)CNC(=O)OC(C)(C)C)c1. The quantitative estimate of drug-likeness (QED) is 0.843. The highest BCUT2D eigenvalue weighted by molar-refractivity contribution is 5.89. The van der Waals surface area contributed by atoms with Gasteiger partial charge in [0.1, 0.15) is 5.60 Å². The summed E-state index contributed by atoms with van der Waals surface area (Å²) in [7, 11) is 1.37. The molecule has 23 heavy (non-hydrogen) atoms. The Balaban J connectivity index is 2.62. The molecule has 0 aliphatic rings. The average Bonchev–Trinajstić information content (AvgIpc) is 2.45. The molecule has 0 spiro atoms. The van der Waals surface area contributed by atoms with Crippen LogP contribution in [0.3, 0.4) is 0 Å². The Morgan fingerprint density at radius 1 is 1.26 bits per heavy atom. The smallest absolute Gasteiger partial charge is 0.407 e. The summed E-state index contributed by atoms with van der Waals surface area (Å²) < 4.78 is 9.96. The highest BCUT2D eigenvalue weighted by Gasteiger charge is 2.17. The zero-order chi connectivity index (χ0) is 17.6. The Kier molecular flexibility index (Phi) is 6.61. The number of nitrogens with one attached hydrogen (secondary N) is 1. The first kappa shape index (κ1) is 19.0. The number of amides is 1. The van der Waals surface area contributed by atoms with E-state index in [1.807, 2.05) is 46.8 Å². The fourth-order valence-corrected chi connectivity index (χ4v) is 2.16. The molecule has 5 nitrogen and oxygen atoms in total. The zero-order valence-corrected chi connectivity index (χ0v) is 14.9. The molecule has 1 N–H and O–H groups in total. The van der Waals surface area contributed by atoms with Crippen LogP contribution in [0.5, 0.6) is 0 Å². The lowest BCUT2D eigenvalue weighted by molar-refractivity contribution is 0.0519. The first-order valence-electron chi connectivity index (χ1n) is 7.77. The van der Waals surface area contributed by atoms with E-state index in [0.717, 1.165) is 17.5 Å². The summed E-state index contributed by atoms with van der Waals surface area (Å²) in [5.74, 6) is -0.125. The molecule has 1 amide bonds. The van der Waals surface area contributed by atoms with Gasteiger partial charge >= 0.3 is 12.1 Å². The molecule has 1 rings (SSSR count). The fraction of sp³-hybridized carbons (Fsp3) is 0.556. The molecular formula is C18H27NO4. The molecule has 0 unspecified atom stereocenters. The summed E-state index contributed by atoms with van der Waals surface area (Å²) in [5, 5.41) is 2.77. The van der Waals surface area contributed by atoms with Crippen LogP contribution in [-0.4, -0.2) is 31.3 Å². The minimum absolute atomic E-state index is 0.217. The van der Waals surface area contributed by atoms with Gasteiger partial charge in [-0.2, -0.15) is 0 Å². The van der Waals surface area contributed by atoms with Crippen LogP contribution in [0.25, 0.3) is 0 Å². The van der Waals surface area contributed by atoms with Crippen LogP contribution in [-0.2, 0) is 15.9 Å². The van der Waals surface area contributed by atoms with E-state index in [4.69, 9.17) is 9.47 Å². The summed E-state index contributed by atoms with van der Waals surface area (Å²) in [5.41, 5.74) is 2.23. The van der Waals surface area contributed by atoms with E-state index in [1.165, 1.54) is 7.11 Å². The van der Waals surface area contributed by atoms with E-state index in [0.29, 0.717) is 12.1 Å². The van der Waals surface area contributed by atoms with Gasteiger partial charge in [-0.05, 0) is 63.3 Å². The number of hydrogen-bond donors (Lipinski definition) is 1. The molecule has 0 aliphatic carbocycles. The van der Waals surface area contributed by atoms with E-state index >= 15 is 0 Å². The van der Waals surface area contributed by atoms with Crippen LogP contribution in [0, 0.1) is 12.8 Å². The first-order chi connectivity index (χ1) is 10.6. The number of methoxy groups -OCH3 is 1. The third-order valence-corrected chi connectivity index (χ3v) is 3.33. The molecule has 0 saturated heterocycles. The van der Waals surface area contributed by atoms with Crippen molar-refractivity contribution in [3.63, 3.8) is 0 Å². The van der Waals surface area contributed by atoms with E-state index in [-0.39, 0.29) is 11.9 Å². The summed E-state index contributed by atoms with van der Waals surface area (Å²) in [6.45, 7) is 10.1. The Labute approximate surface area is 138 Å². The number of aryl methyl sites for hydroxylation is 1. The highest BCUT2D eigenvalue weighted by atomic mass is 16.6. The van der Waals surface area contributed by atoms with Gasteiger partial charge in [-0.15, -0.1) is 0 Å². The Morgan fingerprint density at radius 2 is 1.91 bits per heavy atom. The normalized spacial score (nSPS) is 12.4. The van der Waals surface area contributed by atoms with Crippen molar-refractivity contribution in [2.24, 2.45) is 5.92 Å². The molecule has 0 heterocycles. The summed E-state index contributed by atoms with van der Waals surface area (Å²) in [6.07, 6.45) is 0.344. The van der Waals surface area contributed by atoms with Crippen LogP contribution in [0.4, 0.5) is 4.79 Å². The van der Waals surface area contributed by atoms with Crippen LogP contribution in [0.15, 0.2) is 18.2 Å². The van der Waals surface area contributed by atoms with Gasteiger partial charge < -0.3 is 14.8 Å². The number of carbonyl (C=O) groups excluding carboxylic acids is 2. The molecular weight excluding hydrogens is 294 g/mol. The van der Waals surface area contributed by atoms with Crippen molar-refractivity contribution in [1.82, 2.24) is 5.32 Å². The molecule has 1 aromatic rings. The van der Waals surface area contributed by atoms with Crippen LogP contribution in [0.2, 0.25) is 0 Å². The third kappa shape index (κ3) is 6.72. The van der Waals surface area contributed by atoms with Gasteiger partial charge in [0.25, 0.3) is 0 Å². The van der Waals surface area contributed by atoms with E-state index < -0.39 is 11.7 Å². The van der Waals surface area contributed by atoms with Crippen molar-refractivity contribution in [2.45, 2.75) is 46.6 Å². The summed E-state index contributed by atoms with van der Waals surface area (Å²) >= 11 is 0. The van der Waals surface area contributed by atoms with E-state index in [9.17, 15) is 9.59 Å². The number of ether oxygens (including phenoxy) is 2. The van der Waals surface area contributed by atoms with Crippen molar-refractivity contribution >= 4 is 12.1 Å². The van der Waals surface area contributed by atoms with Crippen LogP contribution < -0.4 is 5.32 Å². The largest absolute Gasteiger partial charge is 0.465 e. The Hall–Kier alpha value is -2.04. The van der Waals surface area contributed by atoms with Gasteiger partial charge in [0.15, 0.2) is 0 Å². The second kappa shape index (κ2) is 7.99. The van der Waals surface area contributed by atoms with Gasteiger partial charge in [-0.25, -0.2) is 9.59 Å². The van der Waals surface area contributed by atoms with Gasteiger partial charge in [0, 0.05) is 6.54 Å². The maximum Gasteiger partial charge on any atom is 0.407 e. The molecule has 0 bridgehead atoms. The number of hydrogen-bond acceptors (Lipinski definition) is 4. The second-order valence-electron chi connectivity index (χ2n) is 6.82. The van der Waals surface area contributed by atoms with E-state index in [2.05, 4.69) is 5.32 Å². The fourth-order valence-electron chi connectivity index (χ4n) is 2.16. The second-order valence-corrected chi connectivity index (χ2v) is 6.82. The maximum absolute atomic E-state index is 11.7. The van der Waals surface area contributed by atoms with Crippen LogP contribution in [0.1, 0.15) is 49.2 Å². The molecule has 0 saturated carbocycles. The lowest BCUT2D eigenvalue weighted by atomic mass is 9.95. The molecule has 128 valence electrons. The molecule has 5 heteroatoms. The summed E-state index contributed by atoms with van der Waals surface area (Å²) in [4.78, 5) is 23.3. The van der Waals surface area contributed by atoms with Gasteiger partial charge in [0.05, 0.1) is 12.7 Å². The molecule has 0 aliphatic heterocycles. The maximum atomic E-state index is 11.7. The molecule has 0 radical (unpaired) electrons. The number of rotatable bonds is 5. The number of benzene rings is 1. The minimum atomic E-state index is -0.501. The predicted molar refractivity (Wildman–Crippen MR) is 89.6 cm³/mol. The molecule has 0 fully saturated rings. The number of alkyl carbamates (subject to hydrolysis) is 1. The predicted octanol–water partition coefficient (Wildman–Crippen LogP) is 3.48. The number of esters is 1. The molecule has 0 aromatic heterocycles. The van der Waals surface area contributed by atoms with E-state index in [1.54, 1.807) is 6.07 Å². The standard InChI is InChI=1S/C18H27NO4/c1-12(11-19-17(21)23-18(3,4)5)9-15-10-14(16(20)22-6)8-7-13(15)2/h7-8,10,12H,9,11H2,1-6H3,(H,19,21)/t12-/m0/s1. The van der Waals surface area contributed by atoms with Gasteiger partial charge in [0.2, 0.25) is 0 Å². The minimum Gasteiger partial charge on any atom is -0.465 e. The first-order valence-corrected chi connectivity index (χ1v) is 7.77. The molecule has 1 atom stereocenters. The van der Waals surface area contributed by atoms with Crippen LogP contribution >= 0.6 is 0 Å². The lowest BCUT2D eigenvalue weighted by Crippen LogP contribution is -2.35. The zero-order valence-electron chi connectivity index (χ0n) is 14.9. The van der Waals surface area contributed by atoms with Crippen molar-refractivity contribution in [2.75, 3.05) is 13.7 Å². The monoisotopic (exact) mass is 321 g/mol. The molecule has 1 aromatic carbocycles. The van der Waals surface area contributed by atoms with Gasteiger partial charge in [-0.1, -0.05) is 13.0 Å². The van der Waals surface area contributed by atoms with Crippen molar-refractivity contribution in [3.8, 4) is 0 Å². The average molecular weight is 321 g/mol. The topological polar surface area (TPSA) is 64.6 Å². The van der Waals surface area contributed by atoms with Gasteiger partial charge in [-0.3, -0.25) is 0 Å². The Bertz CT molecular complexity index is 561. The van der Waals surface area contributed by atoms with Crippen molar-refractivity contribution in [1.29, 1.82) is 0 Å². The van der Waals surface area contributed by atoms with Crippen molar-refractivity contribution in [3.05, 3.63) is 34.9 Å².